The van der Waals surface area contributed by atoms with Crippen LogP contribution in [0.2, 0.25) is 0 Å². The molecule has 80 valence electrons. The molecule has 0 amide bonds. The first-order chi connectivity index (χ1) is 7.45. The molecule has 2 heterocycles. The average Bonchev–Trinajstić information content (AvgIpc) is 2.88. The van der Waals surface area contributed by atoms with Crippen molar-refractivity contribution in [3.63, 3.8) is 0 Å². The Kier molecular flexibility index (Phi) is 3.57. The van der Waals surface area contributed by atoms with E-state index in [2.05, 4.69) is 26.3 Å². The van der Waals surface area contributed by atoms with E-state index in [1.807, 2.05) is 18.5 Å². The van der Waals surface area contributed by atoms with Crippen molar-refractivity contribution >= 4 is 0 Å². The smallest absolute Gasteiger partial charge is 0.106 e. The Labute approximate surface area is 89.1 Å². The van der Waals surface area contributed by atoms with Gasteiger partial charge in [-0.15, -0.1) is 0 Å². The minimum absolute atomic E-state index is 0.908. The summed E-state index contributed by atoms with van der Waals surface area (Å²) >= 11 is 0. The molecule has 0 unspecified atom stereocenters. The highest BCUT2D eigenvalue weighted by Crippen LogP contribution is 1.95. The molecule has 0 spiro atoms. The van der Waals surface area contributed by atoms with Gasteiger partial charge in [0.2, 0.25) is 0 Å². The highest BCUT2D eigenvalue weighted by molar-refractivity contribution is 5.02. The third-order valence-electron chi connectivity index (χ3n) is 2.30. The van der Waals surface area contributed by atoms with Crippen molar-refractivity contribution in [3.8, 4) is 0 Å². The van der Waals surface area contributed by atoms with Crippen LogP contribution in [-0.4, -0.2) is 21.5 Å². The Bertz CT molecular complexity index is 314. The minimum Gasteiger partial charge on any atom is -0.364 e. The Morgan fingerprint density at radius 1 is 1.27 bits per heavy atom. The molecule has 2 aromatic rings. The highest BCUT2D eigenvalue weighted by Gasteiger charge is 1.95. The fourth-order valence-electron chi connectivity index (χ4n) is 1.52. The summed E-state index contributed by atoms with van der Waals surface area (Å²) in [5.74, 6) is 1.07. The molecule has 0 aliphatic carbocycles. The summed E-state index contributed by atoms with van der Waals surface area (Å²) in [6.45, 7) is 1.92. The molecular formula is C11H16N4. The summed E-state index contributed by atoms with van der Waals surface area (Å²) < 4.78 is 0. The van der Waals surface area contributed by atoms with Crippen LogP contribution >= 0.6 is 0 Å². The predicted molar refractivity (Wildman–Crippen MR) is 59.4 cm³/mol. The summed E-state index contributed by atoms with van der Waals surface area (Å²) in [6.07, 6.45) is 7.71. The maximum atomic E-state index is 4.17. The monoisotopic (exact) mass is 204 g/mol. The molecule has 0 radical (unpaired) electrons. The van der Waals surface area contributed by atoms with Gasteiger partial charge in [0, 0.05) is 37.3 Å². The quantitative estimate of drug-likeness (QED) is 0.624. The van der Waals surface area contributed by atoms with Crippen LogP contribution in [0.15, 0.2) is 30.7 Å². The van der Waals surface area contributed by atoms with Crippen molar-refractivity contribution in [2.45, 2.75) is 19.4 Å². The molecule has 0 aliphatic rings. The van der Waals surface area contributed by atoms with E-state index in [-0.39, 0.29) is 0 Å². The molecule has 2 aromatic heterocycles. The van der Waals surface area contributed by atoms with Gasteiger partial charge in [-0.2, -0.15) is 0 Å². The minimum atomic E-state index is 0.908. The second-order valence-corrected chi connectivity index (χ2v) is 3.51. The van der Waals surface area contributed by atoms with Crippen molar-refractivity contribution < 1.29 is 0 Å². The van der Waals surface area contributed by atoms with E-state index in [1.54, 1.807) is 6.20 Å². The SMILES string of the molecule is c1c[nH]c(CNCCCc2ncc[nH]2)c1. The summed E-state index contributed by atoms with van der Waals surface area (Å²) in [5, 5.41) is 3.38. The van der Waals surface area contributed by atoms with E-state index in [4.69, 9.17) is 0 Å². The lowest BCUT2D eigenvalue weighted by atomic mass is 10.3. The fraction of sp³-hybridized carbons (Fsp3) is 0.364. The summed E-state index contributed by atoms with van der Waals surface area (Å²) in [6, 6.07) is 4.10. The van der Waals surface area contributed by atoms with Crippen LogP contribution in [0.25, 0.3) is 0 Å². The topological polar surface area (TPSA) is 56.5 Å². The Morgan fingerprint density at radius 2 is 2.27 bits per heavy atom. The first-order valence-corrected chi connectivity index (χ1v) is 5.26. The Morgan fingerprint density at radius 3 is 3.00 bits per heavy atom. The number of rotatable bonds is 6. The average molecular weight is 204 g/mol. The van der Waals surface area contributed by atoms with Gasteiger partial charge in [-0.05, 0) is 25.1 Å². The molecule has 4 nitrogen and oxygen atoms in total. The van der Waals surface area contributed by atoms with Gasteiger partial charge in [-0.25, -0.2) is 4.98 Å². The first-order valence-electron chi connectivity index (χ1n) is 5.26. The van der Waals surface area contributed by atoms with Crippen LogP contribution in [0.5, 0.6) is 0 Å². The predicted octanol–water partition coefficient (Wildman–Crippen LogP) is 1.46. The molecular weight excluding hydrogens is 188 g/mol. The largest absolute Gasteiger partial charge is 0.364 e. The number of nitrogens with zero attached hydrogens (tertiary/aromatic N) is 1. The maximum absolute atomic E-state index is 4.17. The van der Waals surface area contributed by atoms with Crippen LogP contribution < -0.4 is 5.32 Å². The van der Waals surface area contributed by atoms with Gasteiger partial charge < -0.3 is 15.3 Å². The Balaban J connectivity index is 1.56. The van der Waals surface area contributed by atoms with E-state index in [0.717, 1.165) is 31.8 Å². The maximum Gasteiger partial charge on any atom is 0.106 e. The summed E-state index contributed by atoms with van der Waals surface area (Å²) in [7, 11) is 0. The standard InChI is InChI=1S/C11H16N4/c1-3-10(13-6-1)9-12-5-2-4-11-14-7-8-15-11/h1,3,6-8,12-13H,2,4-5,9H2,(H,14,15). The molecule has 3 N–H and O–H groups in total. The molecule has 0 aromatic carbocycles. The van der Waals surface area contributed by atoms with Gasteiger partial charge in [0.25, 0.3) is 0 Å². The summed E-state index contributed by atoms with van der Waals surface area (Å²) in [4.78, 5) is 10.4. The van der Waals surface area contributed by atoms with Gasteiger partial charge >= 0.3 is 0 Å². The van der Waals surface area contributed by atoms with Crippen molar-refractivity contribution in [3.05, 3.63) is 42.2 Å². The van der Waals surface area contributed by atoms with E-state index >= 15 is 0 Å². The van der Waals surface area contributed by atoms with Crippen molar-refractivity contribution in [2.75, 3.05) is 6.54 Å². The van der Waals surface area contributed by atoms with E-state index in [0.29, 0.717) is 0 Å². The van der Waals surface area contributed by atoms with Crippen LogP contribution in [0.1, 0.15) is 17.9 Å². The number of aromatic nitrogens is 3. The molecule has 2 rings (SSSR count). The van der Waals surface area contributed by atoms with Crippen molar-refractivity contribution in [1.29, 1.82) is 0 Å². The van der Waals surface area contributed by atoms with Crippen LogP contribution in [0.4, 0.5) is 0 Å². The van der Waals surface area contributed by atoms with Crippen molar-refractivity contribution in [2.24, 2.45) is 0 Å². The number of imidazole rings is 1. The number of hydrogen-bond donors (Lipinski definition) is 3. The molecule has 0 atom stereocenters. The van der Waals surface area contributed by atoms with Crippen LogP contribution in [-0.2, 0) is 13.0 Å². The second-order valence-electron chi connectivity index (χ2n) is 3.51. The van der Waals surface area contributed by atoms with Gasteiger partial charge in [-0.1, -0.05) is 0 Å². The highest BCUT2D eigenvalue weighted by atomic mass is 14.9. The third kappa shape index (κ3) is 3.25. The zero-order chi connectivity index (χ0) is 10.3. The zero-order valence-corrected chi connectivity index (χ0v) is 8.66. The lowest BCUT2D eigenvalue weighted by Crippen LogP contribution is -2.15. The van der Waals surface area contributed by atoms with Crippen LogP contribution in [0, 0.1) is 0 Å². The van der Waals surface area contributed by atoms with Crippen molar-refractivity contribution in [1.82, 2.24) is 20.3 Å². The molecule has 0 saturated carbocycles. The molecule has 4 heteroatoms. The van der Waals surface area contributed by atoms with Gasteiger partial charge in [0.15, 0.2) is 0 Å². The van der Waals surface area contributed by atoms with E-state index < -0.39 is 0 Å². The molecule has 0 aliphatic heterocycles. The van der Waals surface area contributed by atoms with E-state index in [1.165, 1.54) is 5.69 Å². The fourth-order valence-corrected chi connectivity index (χ4v) is 1.52. The summed E-state index contributed by atoms with van der Waals surface area (Å²) in [5.41, 5.74) is 1.23. The first kappa shape index (κ1) is 9.98. The van der Waals surface area contributed by atoms with Crippen LogP contribution in [0.3, 0.4) is 0 Å². The number of nitrogens with one attached hydrogen (secondary N) is 3. The number of H-pyrrole nitrogens is 2. The second kappa shape index (κ2) is 5.36. The van der Waals surface area contributed by atoms with E-state index in [9.17, 15) is 0 Å². The number of aryl methyl sites for hydroxylation is 1. The lowest BCUT2D eigenvalue weighted by molar-refractivity contribution is 0.635. The number of hydrogen-bond acceptors (Lipinski definition) is 2. The third-order valence-corrected chi connectivity index (χ3v) is 2.30. The zero-order valence-electron chi connectivity index (χ0n) is 8.66. The van der Waals surface area contributed by atoms with Gasteiger partial charge in [0.05, 0.1) is 0 Å². The lowest BCUT2D eigenvalue weighted by Gasteiger charge is -2.01. The number of aromatic amines is 2. The van der Waals surface area contributed by atoms with Gasteiger partial charge in [-0.3, -0.25) is 0 Å². The molecule has 0 bridgehead atoms. The molecule has 15 heavy (non-hydrogen) atoms. The van der Waals surface area contributed by atoms with Gasteiger partial charge in [0.1, 0.15) is 5.82 Å². The molecule has 0 saturated heterocycles. The Hall–Kier alpha value is -1.55. The molecule has 0 fully saturated rings. The normalized spacial score (nSPS) is 10.7.